The second-order valence-corrected chi connectivity index (χ2v) is 13.4. The largest absolute Gasteiger partial charge is 0.448 e. The minimum atomic E-state index is -4.74. The molecule has 0 bridgehead atoms. The van der Waals surface area contributed by atoms with Crippen molar-refractivity contribution in [1.82, 2.24) is 9.97 Å². The van der Waals surface area contributed by atoms with Crippen LogP contribution in [0.15, 0.2) is 76.1 Å². The van der Waals surface area contributed by atoms with Gasteiger partial charge in [0, 0.05) is 41.6 Å². The Bertz CT molecular complexity index is 2070. The van der Waals surface area contributed by atoms with Crippen LogP contribution in [0.2, 0.25) is 0 Å². The van der Waals surface area contributed by atoms with Gasteiger partial charge in [-0.15, -0.1) is 4.36 Å². The number of nitrogens with zero attached hydrogens (tertiary/aromatic N) is 3. The fourth-order valence-corrected chi connectivity index (χ4v) is 5.77. The number of ether oxygens (including phenoxy) is 1. The Kier molecular flexibility index (Phi) is 12.4. The highest BCUT2D eigenvalue weighted by molar-refractivity contribution is 7.93. The van der Waals surface area contributed by atoms with Crippen molar-refractivity contribution in [1.29, 1.82) is 0 Å². The summed E-state index contributed by atoms with van der Waals surface area (Å²) in [6.45, 7) is 3.44. The first-order chi connectivity index (χ1) is 24.0. The second-order valence-electron chi connectivity index (χ2n) is 11.2. The first-order valence-electron chi connectivity index (χ1n) is 15.4. The molecular formula is C34H33F5N6O5S. The molecule has 3 N–H and O–H groups in total. The smallest absolute Gasteiger partial charge is 0.442 e. The molecule has 0 aliphatic carbocycles. The van der Waals surface area contributed by atoms with E-state index in [0.29, 0.717) is 48.8 Å². The Morgan fingerprint density at radius 3 is 2.45 bits per heavy atom. The first kappa shape index (κ1) is 38.4. The third-order valence-electron chi connectivity index (χ3n) is 7.11. The molecule has 0 spiro atoms. The fourth-order valence-electron chi connectivity index (χ4n) is 4.65. The van der Waals surface area contributed by atoms with Crippen LogP contribution in [0.25, 0.3) is 11.1 Å². The Labute approximate surface area is 290 Å². The third-order valence-corrected chi connectivity index (χ3v) is 8.74. The predicted molar refractivity (Wildman–Crippen MR) is 181 cm³/mol. The van der Waals surface area contributed by atoms with Gasteiger partial charge >= 0.3 is 12.3 Å². The lowest BCUT2D eigenvalue weighted by Gasteiger charge is -2.15. The molecule has 2 amide bonds. The van der Waals surface area contributed by atoms with Gasteiger partial charge in [0.2, 0.25) is 11.9 Å². The van der Waals surface area contributed by atoms with Gasteiger partial charge in [0.25, 0.3) is 0 Å². The summed E-state index contributed by atoms with van der Waals surface area (Å²) in [5.41, 5.74) is -0.903. The minimum Gasteiger partial charge on any atom is -0.448 e. The normalized spacial score (nSPS) is 12.4. The molecule has 51 heavy (non-hydrogen) atoms. The van der Waals surface area contributed by atoms with Crippen molar-refractivity contribution in [2.75, 3.05) is 35.4 Å². The lowest BCUT2D eigenvalue weighted by Crippen LogP contribution is -2.17. The van der Waals surface area contributed by atoms with E-state index in [1.54, 1.807) is 19.1 Å². The van der Waals surface area contributed by atoms with Crippen LogP contribution in [0.5, 0.6) is 0 Å². The lowest BCUT2D eigenvalue weighted by atomic mass is 10.1. The number of hydrogen-bond donors (Lipinski definition) is 3. The number of halogens is 5. The van der Waals surface area contributed by atoms with Crippen LogP contribution in [-0.2, 0) is 36.7 Å². The van der Waals surface area contributed by atoms with Gasteiger partial charge in [-0.25, -0.2) is 22.8 Å². The zero-order valence-electron chi connectivity index (χ0n) is 27.6. The molecule has 0 aliphatic heterocycles. The van der Waals surface area contributed by atoms with Crippen LogP contribution >= 0.6 is 0 Å². The zero-order valence-corrected chi connectivity index (χ0v) is 28.4. The molecule has 0 saturated carbocycles. The molecule has 0 fully saturated rings. The van der Waals surface area contributed by atoms with Crippen molar-refractivity contribution < 1.29 is 45.3 Å². The van der Waals surface area contributed by atoms with Crippen molar-refractivity contribution in [3.8, 4) is 11.1 Å². The standard InChI is InChI=1S/C34H33F5N6O5S/c1-4-50-33(48)45-51(3,49)25-9-5-8-24(18-25)42-32-41-19-26(31(44-32)40-14-6-7-20(2)46)21-10-13-29(28(36)16-21)43-30(47)17-22-15-23(34(37,38)39)11-12-27(22)35/h5,8-13,15-16,18-19H,4,6-7,14,17H2,1-3H3,(H,43,47)(H2,40,41,42,44). The van der Waals surface area contributed by atoms with E-state index in [1.165, 1.54) is 43.6 Å². The van der Waals surface area contributed by atoms with Gasteiger partial charge in [-0.05, 0) is 79.9 Å². The summed E-state index contributed by atoms with van der Waals surface area (Å²) >= 11 is 0. The molecule has 3 aromatic carbocycles. The Morgan fingerprint density at radius 2 is 1.76 bits per heavy atom. The summed E-state index contributed by atoms with van der Waals surface area (Å²) in [5.74, 6) is -2.54. The summed E-state index contributed by atoms with van der Waals surface area (Å²) in [5, 5.41) is 8.36. The van der Waals surface area contributed by atoms with E-state index in [9.17, 15) is 36.2 Å². The first-order valence-corrected chi connectivity index (χ1v) is 17.3. The predicted octanol–water partition coefficient (Wildman–Crippen LogP) is 7.76. The van der Waals surface area contributed by atoms with Gasteiger partial charge in [0.1, 0.15) is 23.2 Å². The monoisotopic (exact) mass is 732 g/mol. The molecule has 1 unspecified atom stereocenters. The number of hydrogen-bond acceptors (Lipinski definition) is 9. The molecule has 4 aromatic rings. The van der Waals surface area contributed by atoms with Crippen molar-refractivity contribution in [2.45, 2.75) is 44.2 Å². The second kappa shape index (κ2) is 16.5. The van der Waals surface area contributed by atoms with Crippen LogP contribution < -0.4 is 16.0 Å². The molecule has 1 aromatic heterocycles. The number of nitrogens with one attached hydrogen (secondary N) is 3. The van der Waals surface area contributed by atoms with Crippen LogP contribution in [-0.4, -0.2) is 51.4 Å². The number of amides is 2. The van der Waals surface area contributed by atoms with Crippen LogP contribution in [0.1, 0.15) is 37.8 Å². The van der Waals surface area contributed by atoms with Crippen molar-refractivity contribution in [2.24, 2.45) is 4.36 Å². The summed E-state index contributed by atoms with van der Waals surface area (Å²) in [6.07, 6.45) is -3.02. The third kappa shape index (κ3) is 10.8. The molecule has 1 atom stereocenters. The number of anilines is 4. The van der Waals surface area contributed by atoms with Crippen molar-refractivity contribution >= 4 is 50.7 Å². The van der Waals surface area contributed by atoms with Crippen molar-refractivity contribution in [3.63, 3.8) is 0 Å². The number of carbonyl (C=O) groups is 3. The van der Waals surface area contributed by atoms with Crippen LogP contribution in [0.3, 0.4) is 0 Å². The summed E-state index contributed by atoms with van der Waals surface area (Å²) in [6, 6.07) is 11.7. The Balaban J connectivity index is 1.57. The number of aromatic nitrogens is 2. The Morgan fingerprint density at radius 1 is 1.00 bits per heavy atom. The molecule has 270 valence electrons. The maximum Gasteiger partial charge on any atom is 0.442 e. The highest BCUT2D eigenvalue weighted by Gasteiger charge is 2.31. The molecule has 0 radical (unpaired) electrons. The van der Waals surface area contributed by atoms with E-state index in [1.807, 2.05) is 0 Å². The molecule has 4 rings (SSSR count). The molecule has 11 nitrogen and oxygen atoms in total. The average Bonchev–Trinajstić information content (AvgIpc) is 3.04. The molecule has 17 heteroatoms. The summed E-state index contributed by atoms with van der Waals surface area (Å²) in [7, 11) is -3.15. The van der Waals surface area contributed by atoms with Crippen LogP contribution in [0.4, 0.5) is 49.9 Å². The van der Waals surface area contributed by atoms with E-state index in [2.05, 4.69) is 30.3 Å². The van der Waals surface area contributed by atoms with E-state index in [4.69, 9.17) is 4.74 Å². The number of rotatable bonds is 13. The van der Waals surface area contributed by atoms with Gasteiger partial charge in [-0.3, -0.25) is 4.79 Å². The fraction of sp³-hybridized carbons (Fsp3) is 0.265. The number of alkyl halides is 3. The summed E-state index contributed by atoms with van der Waals surface area (Å²) < 4.78 is 90.2. The molecule has 0 saturated heterocycles. The number of ketones is 1. The van der Waals surface area contributed by atoms with E-state index in [-0.39, 0.29) is 40.3 Å². The SMILES string of the molecule is CCOC(=O)N=S(C)(=O)c1cccc(Nc2ncc(-c3ccc(NC(=O)Cc4cc(C(F)(F)F)ccc4F)c(F)c3)c(NCCCC(C)=O)n2)c1. The highest BCUT2D eigenvalue weighted by Crippen LogP contribution is 2.32. The quantitative estimate of drug-likeness (QED) is 0.0925. The van der Waals surface area contributed by atoms with Gasteiger partial charge in [0.05, 0.1) is 34.0 Å². The molecule has 0 aliphatic rings. The van der Waals surface area contributed by atoms with E-state index in [0.717, 1.165) is 6.07 Å². The molecular weight excluding hydrogens is 699 g/mol. The number of carbonyl (C=O) groups excluding carboxylic acids is 3. The molecule has 1 heterocycles. The van der Waals surface area contributed by atoms with Crippen LogP contribution in [0, 0.1) is 11.6 Å². The van der Waals surface area contributed by atoms with Crippen molar-refractivity contribution in [3.05, 3.63) is 89.6 Å². The summed E-state index contributed by atoms with van der Waals surface area (Å²) in [4.78, 5) is 44.9. The topological polar surface area (TPSA) is 152 Å². The van der Waals surface area contributed by atoms with Gasteiger partial charge < -0.3 is 25.5 Å². The number of Topliss-reactive ketones (excluding diaryl/α,β-unsaturated/α-hetero) is 1. The van der Waals surface area contributed by atoms with E-state index < -0.39 is 57.1 Å². The number of benzene rings is 3. The lowest BCUT2D eigenvalue weighted by molar-refractivity contribution is -0.137. The van der Waals surface area contributed by atoms with E-state index >= 15 is 4.39 Å². The van der Waals surface area contributed by atoms with Gasteiger partial charge in [0.15, 0.2) is 0 Å². The highest BCUT2D eigenvalue weighted by atomic mass is 32.2. The maximum absolute atomic E-state index is 15.3. The minimum absolute atomic E-state index is 0.0142. The van der Waals surface area contributed by atoms with Gasteiger partial charge in [-0.2, -0.15) is 18.2 Å². The Hall–Kier alpha value is -5.45. The van der Waals surface area contributed by atoms with Gasteiger partial charge in [-0.1, -0.05) is 12.1 Å². The maximum atomic E-state index is 15.3. The average molecular weight is 733 g/mol. The zero-order chi connectivity index (χ0) is 37.3.